The lowest BCUT2D eigenvalue weighted by atomic mass is 11.2. The third kappa shape index (κ3) is 3120. The molecule has 9 heteroatoms. The monoisotopic (exact) mass is 206 g/mol. The van der Waals surface area contributed by atoms with Crippen molar-refractivity contribution in [2.75, 3.05) is 0 Å². The van der Waals surface area contributed by atoms with Gasteiger partial charge in [0, 0.05) is 9.13 Å². The van der Waals surface area contributed by atoms with E-state index in [1.54, 1.807) is 0 Å². The molecule has 0 saturated heterocycles. The number of aliphatic hydroxyl groups excluding tert-OH is 1. The fraction of sp³-hybridized carbons (Fsp3) is 0. The molecular weight excluding hydrogens is 198 g/mol. The van der Waals surface area contributed by atoms with Crippen LogP contribution in [-0.2, 0) is 9.13 Å². The normalized spacial score (nSPS) is 5.82. The maximum atomic E-state index is 8.70. The van der Waals surface area contributed by atoms with Crippen LogP contribution in [0.3, 0.4) is 0 Å². The lowest BCUT2D eigenvalue weighted by Crippen LogP contribution is -1.38. The van der Waals surface area contributed by atoms with Crippen molar-refractivity contribution >= 4 is 16.5 Å². The Morgan fingerprint density at radius 1 is 1.00 bits per heavy atom. The summed E-state index contributed by atoms with van der Waals surface area (Å²) in [5.41, 5.74) is 0. The van der Waals surface area contributed by atoms with Crippen molar-refractivity contribution in [1.82, 2.24) is 0 Å². The Morgan fingerprint density at radius 3 is 1.00 bits per heavy atom. The number of hydrogen-bond acceptors (Lipinski definition) is 3. The molecule has 5 N–H and O–H groups in total. The summed E-state index contributed by atoms with van der Waals surface area (Å²) in [7, 11) is -5.74. The van der Waals surface area contributed by atoms with E-state index in [-0.39, 0.29) is 0 Å². The maximum Gasteiger partial charge on any atom is 0.692 e. The van der Waals surface area contributed by atoms with Gasteiger partial charge in [0.1, 0.15) is 0 Å². The first-order valence-corrected chi connectivity index (χ1v) is 4.16. The van der Waals surface area contributed by atoms with E-state index in [1.807, 2.05) is 0 Å². The Kier molecular flexibility index (Phi) is 25.0. The van der Waals surface area contributed by atoms with E-state index < -0.39 is 16.5 Å². The highest BCUT2D eigenvalue weighted by molar-refractivity contribution is 7.31. The smallest absolute Gasteiger partial charge is 0.516 e. The van der Waals surface area contributed by atoms with Crippen molar-refractivity contribution in [1.29, 1.82) is 0 Å². The molecule has 66 valence electrons. The zero-order valence-corrected chi connectivity index (χ0v) is 7.02. The first kappa shape index (κ1) is 16.9. The summed E-state index contributed by atoms with van der Waals surface area (Å²) in [6, 6.07) is 0. The van der Waals surface area contributed by atoms with E-state index in [0.29, 0.717) is 0 Å². The van der Waals surface area contributed by atoms with Crippen molar-refractivity contribution in [2.24, 2.45) is 0 Å². The summed E-state index contributed by atoms with van der Waals surface area (Å²) in [6.07, 6.45) is 0.750. The molecular formula is C2H8O7P2+2. The third-order valence-corrected chi connectivity index (χ3v) is 0. The largest absolute Gasteiger partial charge is 0.692 e. The van der Waals surface area contributed by atoms with Gasteiger partial charge in [-0.1, -0.05) is 6.58 Å². The molecule has 0 aromatic heterocycles. The number of rotatable bonds is 0. The van der Waals surface area contributed by atoms with Gasteiger partial charge >= 0.3 is 16.5 Å². The van der Waals surface area contributed by atoms with Gasteiger partial charge < -0.3 is 5.11 Å². The average Bonchev–Trinajstić information content (AvgIpc) is 1.60. The Hall–Kier alpha value is -0.420. The molecule has 0 atom stereocenters. The fourth-order valence-corrected chi connectivity index (χ4v) is 0. The van der Waals surface area contributed by atoms with Crippen LogP contribution in [0.4, 0.5) is 0 Å². The molecule has 0 aromatic carbocycles. The first-order chi connectivity index (χ1) is 4.88. The van der Waals surface area contributed by atoms with Gasteiger partial charge in [-0.25, -0.2) is 0 Å². The molecule has 0 heterocycles. The van der Waals surface area contributed by atoms with Crippen LogP contribution >= 0.6 is 16.5 Å². The molecule has 0 unspecified atom stereocenters. The molecule has 0 bridgehead atoms. The van der Waals surface area contributed by atoms with Crippen LogP contribution in [0, 0.1) is 0 Å². The minimum absolute atomic E-state index is 0.750. The van der Waals surface area contributed by atoms with Gasteiger partial charge in [0.2, 0.25) is 0 Å². The summed E-state index contributed by atoms with van der Waals surface area (Å²) in [6.45, 7) is 2.92. The molecule has 0 spiro atoms. The molecule has 0 aliphatic rings. The highest BCUT2D eigenvalue weighted by Crippen LogP contribution is 1.98. The van der Waals surface area contributed by atoms with Crippen molar-refractivity contribution in [3.63, 3.8) is 0 Å². The van der Waals surface area contributed by atoms with Gasteiger partial charge in [0.05, 0.1) is 6.26 Å². The van der Waals surface area contributed by atoms with Gasteiger partial charge in [-0.05, 0) is 0 Å². The topological polar surface area (TPSA) is 135 Å². The van der Waals surface area contributed by atoms with Crippen LogP contribution in [0.1, 0.15) is 0 Å². The molecule has 0 fully saturated rings. The van der Waals surface area contributed by atoms with Gasteiger partial charge in [-0.3, -0.25) is 0 Å². The average molecular weight is 206 g/mol. The second-order valence-electron chi connectivity index (χ2n) is 0.688. The van der Waals surface area contributed by atoms with Crippen LogP contribution in [0.2, 0.25) is 0 Å². The van der Waals surface area contributed by atoms with E-state index in [0.717, 1.165) is 6.26 Å². The molecule has 0 saturated carbocycles. The second kappa shape index (κ2) is 16.3. The van der Waals surface area contributed by atoms with E-state index >= 15 is 0 Å². The lowest BCUT2D eigenvalue weighted by Gasteiger charge is -1.41. The third-order valence-electron chi connectivity index (χ3n) is 0. The molecule has 0 amide bonds. The summed E-state index contributed by atoms with van der Waals surface area (Å²) in [5, 5.41) is 7.33. The molecule has 11 heavy (non-hydrogen) atoms. The molecule has 0 aromatic rings. The van der Waals surface area contributed by atoms with Crippen LogP contribution < -0.4 is 0 Å². The van der Waals surface area contributed by atoms with Gasteiger partial charge in [-0.15, -0.1) is 19.6 Å². The highest BCUT2D eigenvalue weighted by Gasteiger charge is 1.93. The predicted molar refractivity (Wildman–Crippen MR) is 36.9 cm³/mol. The van der Waals surface area contributed by atoms with Gasteiger partial charge in [0.25, 0.3) is 0 Å². The zero-order valence-electron chi connectivity index (χ0n) is 5.23. The Bertz CT molecular complexity index is 102. The molecule has 0 aliphatic heterocycles. The quantitative estimate of drug-likeness (QED) is 0.276. The number of aliphatic hydroxyl groups is 1. The molecule has 7 nitrogen and oxygen atoms in total. The lowest BCUT2D eigenvalue weighted by molar-refractivity contribution is 0.403. The molecule has 0 radical (unpaired) electrons. The van der Waals surface area contributed by atoms with Crippen LogP contribution in [-0.4, -0.2) is 24.7 Å². The van der Waals surface area contributed by atoms with Crippen molar-refractivity contribution in [2.45, 2.75) is 0 Å². The Balaban J connectivity index is -0.0000000886. The zero-order chi connectivity index (χ0) is 9.86. The summed E-state index contributed by atoms with van der Waals surface area (Å²) in [4.78, 5) is 28.5. The van der Waals surface area contributed by atoms with Gasteiger partial charge in [-0.2, -0.15) is 0 Å². The Morgan fingerprint density at radius 2 is 1.00 bits per heavy atom. The summed E-state index contributed by atoms with van der Waals surface area (Å²) >= 11 is 0. The summed E-state index contributed by atoms with van der Waals surface area (Å²) in [5.74, 6) is 0. The molecule has 0 aliphatic carbocycles. The minimum atomic E-state index is -2.87. The fourth-order valence-electron chi connectivity index (χ4n) is 0. The van der Waals surface area contributed by atoms with E-state index in [9.17, 15) is 0 Å². The van der Waals surface area contributed by atoms with Crippen molar-refractivity contribution in [3.05, 3.63) is 12.8 Å². The van der Waals surface area contributed by atoms with Crippen molar-refractivity contribution < 1.29 is 33.8 Å². The highest BCUT2D eigenvalue weighted by atomic mass is 31.1. The summed E-state index contributed by atoms with van der Waals surface area (Å²) < 4.78 is 17.4. The van der Waals surface area contributed by atoms with Crippen LogP contribution in [0.15, 0.2) is 12.8 Å². The van der Waals surface area contributed by atoms with Crippen LogP contribution in [0.25, 0.3) is 0 Å². The van der Waals surface area contributed by atoms with Crippen molar-refractivity contribution in [3.8, 4) is 0 Å². The SMILES string of the molecule is C=CO.O=[P+](O)O.O=[P+](O)O. The minimum Gasteiger partial charge on any atom is -0.516 e. The standard InChI is InChI=1S/C2H4O.2HO3P/c1-2-3;2*1-4(2)3/h2-3H,1H2;2*(H-,1,2,3)/p+2. The molecule has 0 rings (SSSR count). The van der Waals surface area contributed by atoms with Crippen LogP contribution in [0.5, 0.6) is 0 Å². The number of hydrogen-bond donors (Lipinski definition) is 5. The van der Waals surface area contributed by atoms with E-state index in [4.69, 9.17) is 33.8 Å². The van der Waals surface area contributed by atoms with E-state index in [1.165, 1.54) is 0 Å². The first-order valence-electron chi connectivity index (χ1n) is 1.83. The van der Waals surface area contributed by atoms with E-state index in [2.05, 4.69) is 6.58 Å². The van der Waals surface area contributed by atoms with Gasteiger partial charge in [0.15, 0.2) is 0 Å². The predicted octanol–water partition coefficient (Wildman–Crippen LogP) is -0.0553. The Labute approximate surface area is 64.2 Å². The maximum absolute atomic E-state index is 8.70. The second-order valence-corrected chi connectivity index (χ2v) is 1.70.